The third-order valence-electron chi connectivity index (χ3n) is 1.53. The van der Waals surface area contributed by atoms with Crippen LogP contribution in [-0.2, 0) is 16.1 Å². The van der Waals surface area contributed by atoms with Crippen molar-refractivity contribution < 1.29 is 13.0 Å². The normalized spacial score (nSPS) is 11.6. The van der Waals surface area contributed by atoms with E-state index >= 15 is 0 Å². The van der Waals surface area contributed by atoms with Gasteiger partial charge < -0.3 is 0 Å². The molecule has 3 nitrogen and oxygen atoms in total. The first-order chi connectivity index (χ1) is 5.41. The topological polar surface area (TPSA) is 38.0 Å². The van der Waals surface area contributed by atoms with Crippen LogP contribution >= 0.6 is 10.7 Å². The van der Waals surface area contributed by atoms with Crippen molar-refractivity contribution in [2.24, 2.45) is 7.05 Å². The third kappa shape index (κ3) is 1.95. The number of halogens is 1. The molecule has 0 atom stereocenters. The Morgan fingerprint density at radius 3 is 2.50 bits per heavy atom. The van der Waals surface area contributed by atoms with Crippen LogP contribution in [0.2, 0.25) is 0 Å². The van der Waals surface area contributed by atoms with Crippen LogP contribution in [0.4, 0.5) is 0 Å². The Morgan fingerprint density at radius 1 is 1.50 bits per heavy atom. The van der Waals surface area contributed by atoms with Crippen molar-refractivity contribution in [2.75, 3.05) is 0 Å². The van der Waals surface area contributed by atoms with Gasteiger partial charge in [0, 0.05) is 16.7 Å². The maximum atomic E-state index is 11.0. The van der Waals surface area contributed by atoms with Gasteiger partial charge in [-0.05, 0) is 12.5 Å². The SMILES string of the molecule is Cc1cc[n+](C)cc1S(=O)(=O)Cl. The molecule has 0 bridgehead atoms. The van der Waals surface area contributed by atoms with Crippen molar-refractivity contribution in [3.8, 4) is 0 Å². The fourth-order valence-electron chi connectivity index (χ4n) is 0.897. The molecule has 66 valence electrons. The van der Waals surface area contributed by atoms with Gasteiger partial charge >= 0.3 is 0 Å². The molecule has 0 radical (unpaired) electrons. The van der Waals surface area contributed by atoms with Gasteiger partial charge in [0.25, 0.3) is 9.05 Å². The minimum absolute atomic E-state index is 0.161. The molecule has 0 unspecified atom stereocenters. The summed E-state index contributed by atoms with van der Waals surface area (Å²) in [5.41, 5.74) is 0.656. The molecule has 0 saturated carbocycles. The second-order valence-corrected chi connectivity index (χ2v) is 5.13. The highest BCUT2D eigenvalue weighted by molar-refractivity contribution is 8.13. The van der Waals surface area contributed by atoms with E-state index in [4.69, 9.17) is 10.7 Å². The molecular weight excluding hydrogens is 198 g/mol. The van der Waals surface area contributed by atoms with Gasteiger partial charge in [-0.25, -0.2) is 13.0 Å². The highest BCUT2D eigenvalue weighted by atomic mass is 35.7. The number of aromatic nitrogens is 1. The lowest BCUT2D eigenvalue weighted by molar-refractivity contribution is -0.673. The van der Waals surface area contributed by atoms with E-state index < -0.39 is 9.05 Å². The maximum absolute atomic E-state index is 11.0. The van der Waals surface area contributed by atoms with E-state index in [1.165, 1.54) is 6.20 Å². The summed E-state index contributed by atoms with van der Waals surface area (Å²) in [5, 5.41) is 0. The van der Waals surface area contributed by atoms with Crippen molar-refractivity contribution in [1.82, 2.24) is 0 Å². The summed E-state index contributed by atoms with van der Waals surface area (Å²) >= 11 is 0. The molecule has 0 aliphatic heterocycles. The van der Waals surface area contributed by atoms with Gasteiger partial charge in [0.2, 0.25) is 0 Å². The largest absolute Gasteiger partial charge is 0.267 e. The molecule has 5 heteroatoms. The fraction of sp³-hybridized carbons (Fsp3) is 0.286. The Hall–Kier alpha value is -0.610. The maximum Gasteiger partial charge on any atom is 0.267 e. The molecule has 1 aromatic heterocycles. The minimum atomic E-state index is -3.60. The molecule has 12 heavy (non-hydrogen) atoms. The van der Waals surface area contributed by atoms with Crippen LogP contribution in [0.25, 0.3) is 0 Å². The van der Waals surface area contributed by atoms with E-state index in [1.807, 2.05) is 0 Å². The van der Waals surface area contributed by atoms with E-state index in [0.29, 0.717) is 5.56 Å². The Morgan fingerprint density at radius 2 is 2.08 bits per heavy atom. The van der Waals surface area contributed by atoms with Gasteiger partial charge in [-0.2, -0.15) is 0 Å². The molecule has 0 N–H and O–H groups in total. The summed E-state index contributed by atoms with van der Waals surface area (Å²) in [5.74, 6) is 0. The molecule has 1 aromatic rings. The van der Waals surface area contributed by atoms with Gasteiger partial charge in [0.05, 0.1) is 0 Å². The zero-order chi connectivity index (χ0) is 9.35. The van der Waals surface area contributed by atoms with E-state index in [-0.39, 0.29) is 4.90 Å². The molecule has 0 saturated heterocycles. The van der Waals surface area contributed by atoms with E-state index in [1.54, 1.807) is 30.8 Å². The van der Waals surface area contributed by atoms with Gasteiger partial charge in [0.15, 0.2) is 12.4 Å². The van der Waals surface area contributed by atoms with Crippen LogP contribution in [-0.4, -0.2) is 8.42 Å². The average Bonchev–Trinajstić information content (AvgIpc) is 1.92. The molecule has 1 rings (SSSR count). The summed E-state index contributed by atoms with van der Waals surface area (Å²) < 4.78 is 23.6. The van der Waals surface area contributed by atoms with Crippen LogP contribution in [0.3, 0.4) is 0 Å². The van der Waals surface area contributed by atoms with Crippen LogP contribution in [0, 0.1) is 6.92 Å². The quantitative estimate of drug-likeness (QED) is 0.502. The predicted octanol–water partition coefficient (Wildman–Crippen LogP) is 0.747. The Labute approximate surface area is 76.0 Å². The first-order valence-corrected chi connectivity index (χ1v) is 5.63. The van der Waals surface area contributed by atoms with Crippen molar-refractivity contribution >= 4 is 19.7 Å². The summed E-state index contributed by atoms with van der Waals surface area (Å²) in [4.78, 5) is 0.161. The lowest BCUT2D eigenvalue weighted by Gasteiger charge is -1.97. The standard InChI is InChI=1S/C7H9ClNO2S/c1-6-3-4-9(2)5-7(6)12(8,10)11/h3-5H,1-2H3/q+1. The lowest BCUT2D eigenvalue weighted by atomic mass is 10.3. The minimum Gasteiger partial charge on any atom is -0.207 e. The smallest absolute Gasteiger partial charge is 0.207 e. The second kappa shape index (κ2) is 3.03. The van der Waals surface area contributed by atoms with E-state index in [9.17, 15) is 8.42 Å². The highest BCUT2D eigenvalue weighted by Crippen LogP contribution is 2.16. The molecule has 0 spiro atoms. The average molecular weight is 207 g/mol. The Bertz CT molecular complexity index is 400. The van der Waals surface area contributed by atoms with Gasteiger partial charge in [-0.3, -0.25) is 0 Å². The molecule has 0 amide bonds. The van der Waals surface area contributed by atoms with Crippen LogP contribution in [0.5, 0.6) is 0 Å². The van der Waals surface area contributed by atoms with Crippen LogP contribution in [0.15, 0.2) is 23.4 Å². The highest BCUT2D eigenvalue weighted by Gasteiger charge is 2.16. The van der Waals surface area contributed by atoms with Gasteiger partial charge in [-0.15, -0.1) is 0 Å². The first-order valence-electron chi connectivity index (χ1n) is 3.32. The lowest BCUT2D eigenvalue weighted by Crippen LogP contribution is -2.27. The molecule has 0 aliphatic rings. The van der Waals surface area contributed by atoms with Crippen LogP contribution < -0.4 is 4.57 Å². The Balaban J connectivity index is 3.43. The fourth-order valence-corrected chi connectivity index (χ4v) is 2.13. The zero-order valence-corrected chi connectivity index (χ0v) is 8.35. The predicted molar refractivity (Wildman–Crippen MR) is 45.4 cm³/mol. The number of rotatable bonds is 1. The second-order valence-electron chi connectivity index (χ2n) is 2.60. The number of hydrogen-bond donors (Lipinski definition) is 0. The van der Waals surface area contributed by atoms with Crippen molar-refractivity contribution in [3.63, 3.8) is 0 Å². The third-order valence-corrected chi connectivity index (χ3v) is 2.98. The molecular formula is C7H9ClNO2S+. The zero-order valence-electron chi connectivity index (χ0n) is 6.78. The van der Waals surface area contributed by atoms with Gasteiger partial charge in [-0.1, -0.05) is 0 Å². The van der Waals surface area contributed by atoms with E-state index in [2.05, 4.69) is 0 Å². The summed E-state index contributed by atoms with van der Waals surface area (Å²) in [6.07, 6.45) is 3.25. The summed E-state index contributed by atoms with van der Waals surface area (Å²) in [6.45, 7) is 1.70. The van der Waals surface area contributed by atoms with Gasteiger partial charge in [0.1, 0.15) is 11.9 Å². The molecule has 0 fully saturated rings. The molecule has 0 aliphatic carbocycles. The molecule has 0 aromatic carbocycles. The summed E-state index contributed by atoms with van der Waals surface area (Å²) in [7, 11) is 3.33. The number of aryl methyl sites for hydroxylation is 2. The number of nitrogens with zero attached hydrogens (tertiary/aromatic N) is 1. The van der Waals surface area contributed by atoms with Crippen molar-refractivity contribution in [2.45, 2.75) is 11.8 Å². The van der Waals surface area contributed by atoms with Crippen molar-refractivity contribution in [1.29, 1.82) is 0 Å². The Kier molecular flexibility index (Phi) is 2.39. The van der Waals surface area contributed by atoms with Crippen molar-refractivity contribution in [3.05, 3.63) is 24.0 Å². The number of hydrogen-bond acceptors (Lipinski definition) is 2. The van der Waals surface area contributed by atoms with Crippen LogP contribution in [0.1, 0.15) is 5.56 Å². The monoisotopic (exact) mass is 206 g/mol. The van der Waals surface area contributed by atoms with E-state index in [0.717, 1.165) is 0 Å². The molecule has 1 heterocycles. The number of pyridine rings is 1. The summed E-state index contributed by atoms with van der Waals surface area (Å²) in [6, 6.07) is 1.70. The first kappa shape index (κ1) is 9.48.